The summed E-state index contributed by atoms with van der Waals surface area (Å²) in [6.45, 7) is 9.31. The number of hydrogen-bond donors (Lipinski definition) is 2. The first-order valence-electron chi connectivity index (χ1n) is 6.85. The summed E-state index contributed by atoms with van der Waals surface area (Å²) in [6, 6.07) is 0. The second-order valence-electron chi connectivity index (χ2n) is 6.39. The van der Waals surface area contributed by atoms with Gasteiger partial charge < -0.3 is 10.4 Å². The van der Waals surface area contributed by atoms with E-state index in [0.29, 0.717) is 6.61 Å². The zero-order chi connectivity index (χ0) is 12.0. The predicted octanol–water partition coefficient (Wildman–Crippen LogP) is 2.81. The first-order chi connectivity index (χ1) is 7.53. The molecule has 0 aromatic heterocycles. The van der Waals surface area contributed by atoms with Crippen molar-refractivity contribution in [3.05, 3.63) is 0 Å². The molecule has 16 heavy (non-hydrogen) atoms. The van der Waals surface area contributed by atoms with Crippen molar-refractivity contribution in [3.8, 4) is 0 Å². The molecule has 0 spiro atoms. The fraction of sp³-hybridized carbons (Fsp3) is 1.00. The van der Waals surface area contributed by atoms with Gasteiger partial charge in [-0.3, -0.25) is 0 Å². The van der Waals surface area contributed by atoms with E-state index in [1.165, 1.54) is 32.2 Å². The van der Waals surface area contributed by atoms with Gasteiger partial charge >= 0.3 is 0 Å². The standard InChI is InChI=1S/C14H29NO/c1-12-4-6-13(7-5-12)10-15-11-14(2,3)8-9-16/h12-13,15-16H,4-11H2,1-3H3. The Balaban J connectivity index is 2.11. The maximum Gasteiger partial charge on any atom is 0.0436 e. The molecule has 0 heterocycles. The van der Waals surface area contributed by atoms with Crippen molar-refractivity contribution in [2.45, 2.75) is 52.9 Å². The van der Waals surface area contributed by atoms with Crippen LogP contribution in [0, 0.1) is 17.3 Å². The van der Waals surface area contributed by atoms with E-state index in [1.54, 1.807) is 0 Å². The molecule has 96 valence electrons. The van der Waals surface area contributed by atoms with E-state index in [2.05, 4.69) is 26.1 Å². The Kier molecular flexibility index (Phi) is 5.77. The Hall–Kier alpha value is -0.0800. The number of hydrogen-bond acceptors (Lipinski definition) is 2. The van der Waals surface area contributed by atoms with Gasteiger partial charge in [-0.1, -0.05) is 33.6 Å². The summed E-state index contributed by atoms with van der Waals surface area (Å²) >= 11 is 0. The highest BCUT2D eigenvalue weighted by molar-refractivity contribution is 4.75. The van der Waals surface area contributed by atoms with Gasteiger partial charge in [-0.15, -0.1) is 0 Å². The molecule has 2 N–H and O–H groups in total. The molecule has 0 atom stereocenters. The maximum absolute atomic E-state index is 8.95. The Morgan fingerprint density at radius 1 is 1.19 bits per heavy atom. The van der Waals surface area contributed by atoms with Crippen molar-refractivity contribution in [3.63, 3.8) is 0 Å². The molecule has 1 fully saturated rings. The van der Waals surface area contributed by atoms with Crippen molar-refractivity contribution in [1.29, 1.82) is 0 Å². The molecule has 2 nitrogen and oxygen atoms in total. The number of aliphatic hydroxyl groups excluding tert-OH is 1. The zero-order valence-corrected chi connectivity index (χ0v) is 11.3. The van der Waals surface area contributed by atoms with Gasteiger partial charge in [0, 0.05) is 13.2 Å². The molecule has 2 heteroatoms. The van der Waals surface area contributed by atoms with Crippen LogP contribution in [0.5, 0.6) is 0 Å². The molecule has 0 aliphatic heterocycles. The summed E-state index contributed by atoms with van der Waals surface area (Å²) in [4.78, 5) is 0. The second-order valence-corrected chi connectivity index (χ2v) is 6.39. The van der Waals surface area contributed by atoms with Crippen LogP contribution < -0.4 is 5.32 Å². The quantitative estimate of drug-likeness (QED) is 0.731. The molecule has 0 aromatic rings. The van der Waals surface area contributed by atoms with Gasteiger partial charge in [0.15, 0.2) is 0 Å². The lowest BCUT2D eigenvalue weighted by Crippen LogP contribution is -2.34. The average molecular weight is 227 g/mol. The molecular formula is C14H29NO. The predicted molar refractivity (Wildman–Crippen MR) is 69.5 cm³/mol. The summed E-state index contributed by atoms with van der Waals surface area (Å²) < 4.78 is 0. The molecule has 1 aliphatic carbocycles. The van der Waals surface area contributed by atoms with E-state index in [4.69, 9.17) is 5.11 Å². The molecule has 1 rings (SSSR count). The summed E-state index contributed by atoms with van der Waals surface area (Å²) in [5.41, 5.74) is 0.233. The third-order valence-corrected chi connectivity index (χ3v) is 3.96. The normalized spacial score (nSPS) is 27.0. The van der Waals surface area contributed by atoms with Crippen LogP contribution in [0.4, 0.5) is 0 Å². The third-order valence-electron chi connectivity index (χ3n) is 3.96. The lowest BCUT2D eigenvalue weighted by molar-refractivity contribution is 0.200. The monoisotopic (exact) mass is 227 g/mol. The fourth-order valence-electron chi connectivity index (χ4n) is 2.54. The Labute approximate surface area is 101 Å². The average Bonchev–Trinajstić information content (AvgIpc) is 2.20. The summed E-state index contributed by atoms with van der Waals surface area (Å²) in [5.74, 6) is 1.84. The number of nitrogens with one attached hydrogen (secondary N) is 1. The van der Waals surface area contributed by atoms with Crippen LogP contribution in [0.1, 0.15) is 52.9 Å². The molecular weight excluding hydrogens is 198 g/mol. The minimum atomic E-state index is 0.233. The molecule has 0 unspecified atom stereocenters. The molecule has 1 aliphatic rings. The van der Waals surface area contributed by atoms with E-state index < -0.39 is 0 Å². The minimum absolute atomic E-state index is 0.233. The summed E-state index contributed by atoms with van der Waals surface area (Å²) in [6.07, 6.45) is 6.50. The lowest BCUT2D eigenvalue weighted by Gasteiger charge is -2.29. The van der Waals surface area contributed by atoms with Crippen LogP contribution >= 0.6 is 0 Å². The molecule has 0 radical (unpaired) electrons. The molecule has 0 amide bonds. The van der Waals surface area contributed by atoms with E-state index in [1.807, 2.05) is 0 Å². The van der Waals surface area contributed by atoms with Gasteiger partial charge in [-0.05, 0) is 43.1 Å². The van der Waals surface area contributed by atoms with Gasteiger partial charge in [0.1, 0.15) is 0 Å². The summed E-state index contributed by atoms with van der Waals surface area (Å²) in [5, 5.41) is 12.5. The zero-order valence-electron chi connectivity index (χ0n) is 11.3. The van der Waals surface area contributed by atoms with Crippen molar-refractivity contribution < 1.29 is 5.11 Å². The van der Waals surface area contributed by atoms with Gasteiger partial charge in [-0.2, -0.15) is 0 Å². The van der Waals surface area contributed by atoms with Crippen LogP contribution in [-0.2, 0) is 0 Å². The Bertz CT molecular complexity index is 183. The Morgan fingerprint density at radius 2 is 1.81 bits per heavy atom. The van der Waals surface area contributed by atoms with Gasteiger partial charge in [0.2, 0.25) is 0 Å². The van der Waals surface area contributed by atoms with Gasteiger partial charge in [0.05, 0.1) is 0 Å². The van der Waals surface area contributed by atoms with Crippen LogP contribution in [-0.4, -0.2) is 24.8 Å². The van der Waals surface area contributed by atoms with Crippen LogP contribution in [0.15, 0.2) is 0 Å². The minimum Gasteiger partial charge on any atom is -0.396 e. The van der Waals surface area contributed by atoms with Crippen molar-refractivity contribution in [2.75, 3.05) is 19.7 Å². The van der Waals surface area contributed by atoms with Gasteiger partial charge in [0.25, 0.3) is 0 Å². The van der Waals surface area contributed by atoms with Crippen molar-refractivity contribution in [2.24, 2.45) is 17.3 Å². The first kappa shape index (κ1) is 14.0. The number of aliphatic hydroxyl groups is 1. The van der Waals surface area contributed by atoms with Gasteiger partial charge in [-0.25, -0.2) is 0 Å². The van der Waals surface area contributed by atoms with E-state index >= 15 is 0 Å². The van der Waals surface area contributed by atoms with Crippen LogP contribution in [0.25, 0.3) is 0 Å². The van der Waals surface area contributed by atoms with E-state index in [0.717, 1.165) is 24.8 Å². The lowest BCUT2D eigenvalue weighted by atomic mass is 9.82. The SMILES string of the molecule is CC1CCC(CNCC(C)(C)CCO)CC1. The largest absolute Gasteiger partial charge is 0.396 e. The highest BCUT2D eigenvalue weighted by Gasteiger charge is 2.20. The topological polar surface area (TPSA) is 32.3 Å². The number of rotatable bonds is 6. The molecule has 0 bridgehead atoms. The van der Waals surface area contributed by atoms with E-state index in [-0.39, 0.29) is 5.41 Å². The summed E-state index contributed by atoms with van der Waals surface area (Å²) in [7, 11) is 0. The molecule has 0 saturated heterocycles. The maximum atomic E-state index is 8.95. The highest BCUT2D eigenvalue weighted by Crippen LogP contribution is 2.28. The fourth-order valence-corrected chi connectivity index (χ4v) is 2.54. The second kappa shape index (κ2) is 6.61. The van der Waals surface area contributed by atoms with Crippen LogP contribution in [0.3, 0.4) is 0 Å². The molecule has 1 saturated carbocycles. The highest BCUT2D eigenvalue weighted by atomic mass is 16.3. The smallest absolute Gasteiger partial charge is 0.0436 e. The molecule has 0 aromatic carbocycles. The van der Waals surface area contributed by atoms with Crippen molar-refractivity contribution >= 4 is 0 Å². The van der Waals surface area contributed by atoms with Crippen LogP contribution in [0.2, 0.25) is 0 Å². The van der Waals surface area contributed by atoms with E-state index in [9.17, 15) is 0 Å². The van der Waals surface area contributed by atoms with Crippen molar-refractivity contribution in [1.82, 2.24) is 5.32 Å². The first-order valence-corrected chi connectivity index (χ1v) is 6.85. The third kappa shape index (κ3) is 5.31. The Morgan fingerprint density at radius 3 is 2.38 bits per heavy atom.